The first-order chi connectivity index (χ1) is 15.7. The van der Waals surface area contributed by atoms with Crippen molar-refractivity contribution in [2.75, 3.05) is 18.6 Å². The number of aryl methyl sites for hydroxylation is 1. The molecule has 0 bridgehead atoms. The molecule has 0 saturated carbocycles. The van der Waals surface area contributed by atoms with Crippen molar-refractivity contribution in [2.24, 2.45) is 14.1 Å². The van der Waals surface area contributed by atoms with Crippen LogP contribution >= 0.6 is 11.8 Å². The van der Waals surface area contributed by atoms with Crippen LogP contribution < -0.4 is 16.0 Å². The molecule has 3 aromatic rings. The van der Waals surface area contributed by atoms with Crippen molar-refractivity contribution < 1.29 is 17.9 Å². The van der Waals surface area contributed by atoms with Gasteiger partial charge in [0.1, 0.15) is 12.6 Å². The highest BCUT2D eigenvalue weighted by atomic mass is 32.2. The standard InChI is InChI=1S/C20H25N5O6S2/c1-23-17-16(18(26)24(2)20(23)28)25(13-21-17)10-11-31-19(27)15(9-12-32-3)22-33(29,30)14-7-5-4-6-8-14/h4-8,13,15,22H,9-12H2,1-3H3. The second-order valence-corrected chi connectivity index (χ2v) is 9.95. The number of carbonyl (C=O) groups excluding carboxylic acids is 1. The Kier molecular flexibility index (Phi) is 7.76. The number of nitrogens with one attached hydrogen (secondary N) is 1. The maximum atomic E-state index is 12.7. The summed E-state index contributed by atoms with van der Waals surface area (Å²) in [5, 5.41) is 0. The van der Waals surface area contributed by atoms with E-state index in [4.69, 9.17) is 4.74 Å². The maximum Gasteiger partial charge on any atom is 0.332 e. The molecule has 0 aliphatic carbocycles. The zero-order chi connectivity index (χ0) is 24.2. The number of rotatable bonds is 10. The van der Waals surface area contributed by atoms with E-state index in [1.165, 1.54) is 53.5 Å². The third-order valence-corrected chi connectivity index (χ3v) is 7.17. The van der Waals surface area contributed by atoms with Gasteiger partial charge in [-0.05, 0) is 30.6 Å². The lowest BCUT2D eigenvalue weighted by Gasteiger charge is -2.17. The smallest absolute Gasteiger partial charge is 0.332 e. The van der Waals surface area contributed by atoms with E-state index in [0.29, 0.717) is 5.75 Å². The van der Waals surface area contributed by atoms with Crippen molar-refractivity contribution in [3.05, 3.63) is 57.5 Å². The number of sulfonamides is 1. The molecule has 2 aromatic heterocycles. The molecular weight excluding hydrogens is 470 g/mol. The second-order valence-electron chi connectivity index (χ2n) is 7.25. The van der Waals surface area contributed by atoms with Gasteiger partial charge in [-0.15, -0.1) is 0 Å². The Bertz CT molecular complexity index is 1360. The number of thioether (sulfide) groups is 1. The number of nitrogens with zero attached hydrogens (tertiary/aromatic N) is 4. The number of hydrogen-bond donors (Lipinski definition) is 1. The zero-order valence-corrected chi connectivity index (χ0v) is 20.1. The van der Waals surface area contributed by atoms with Crippen LogP contribution in [0.4, 0.5) is 0 Å². The number of hydrogen-bond acceptors (Lipinski definition) is 8. The van der Waals surface area contributed by atoms with Crippen molar-refractivity contribution in [1.82, 2.24) is 23.4 Å². The van der Waals surface area contributed by atoms with Crippen LogP contribution in [0.1, 0.15) is 6.42 Å². The van der Waals surface area contributed by atoms with Crippen LogP contribution in [0.15, 0.2) is 51.1 Å². The number of benzene rings is 1. The molecule has 33 heavy (non-hydrogen) atoms. The first-order valence-corrected chi connectivity index (χ1v) is 12.9. The molecule has 0 aliphatic heterocycles. The Morgan fingerprint density at radius 2 is 1.88 bits per heavy atom. The van der Waals surface area contributed by atoms with Gasteiger partial charge in [0, 0.05) is 14.1 Å². The quantitative estimate of drug-likeness (QED) is 0.391. The molecule has 0 fully saturated rings. The maximum absolute atomic E-state index is 12.7. The summed E-state index contributed by atoms with van der Waals surface area (Å²) in [5.74, 6) is -0.166. The van der Waals surface area contributed by atoms with Crippen molar-refractivity contribution in [2.45, 2.75) is 23.9 Å². The third-order valence-electron chi connectivity index (χ3n) is 5.04. The Balaban J connectivity index is 1.72. The summed E-state index contributed by atoms with van der Waals surface area (Å²) in [7, 11) is -1.02. The van der Waals surface area contributed by atoms with E-state index in [9.17, 15) is 22.8 Å². The van der Waals surface area contributed by atoms with E-state index in [0.717, 1.165) is 4.57 Å². The molecule has 2 heterocycles. The molecule has 0 saturated heterocycles. The molecule has 0 spiro atoms. The van der Waals surface area contributed by atoms with Crippen LogP contribution in [0.25, 0.3) is 11.2 Å². The van der Waals surface area contributed by atoms with Crippen LogP contribution in [0.2, 0.25) is 0 Å². The lowest BCUT2D eigenvalue weighted by atomic mass is 10.2. The molecule has 13 heteroatoms. The van der Waals surface area contributed by atoms with Gasteiger partial charge in [-0.3, -0.25) is 18.7 Å². The zero-order valence-electron chi connectivity index (χ0n) is 18.4. The first kappa shape index (κ1) is 24.7. The SMILES string of the molecule is CSCCC(NS(=O)(=O)c1ccccc1)C(=O)OCCn1cnc2c1c(=O)n(C)c(=O)n2C. The van der Waals surface area contributed by atoms with Crippen LogP contribution in [-0.4, -0.2) is 57.7 Å². The number of aromatic nitrogens is 4. The number of ether oxygens (including phenoxy) is 1. The Morgan fingerprint density at radius 1 is 1.18 bits per heavy atom. The van der Waals surface area contributed by atoms with E-state index in [1.54, 1.807) is 18.2 Å². The molecule has 0 radical (unpaired) electrons. The van der Waals surface area contributed by atoms with Crippen LogP contribution in [0.5, 0.6) is 0 Å². The molecule has 1 aromatic carbocycles. The highest BCUT2D eigenvalue weighted by Gasteiger charge is 2.26. The highest BCUT2D eigenvalue weighted by molar-refractivity contribution is 7.98. The predicted molar refractivity (Wildman–Crippen MR) is 125 cm³/mol. The summed E-state index contributed by atoms with van der Waals surface area (Å²) in [6, 6.07) is 6.72. The fourth-order valence-corrected chi connectivity index (χ4v) is 4.94. The largest absolute Gasteiger partial charge is 0.463 e. The summed E-state index contributed by atoms with van der Waals surface area (Å²) in [5.41, 5.74) is -0.570. The fraction of sp³-hybridized carbons (Fsp3) is 0.400. The van der Waals surface area contributed by atoms with Crippen LogP contribution in [-0.2, 0) is 40.2 Å². The minimum Gasteiger partial charge on any atom is -0.463 e. The molecule has 11 nitrogen and oxygen atoms in total. The van der Waals surface area contributed by atoms with E-state index < -0.39 is 33.3 Å². The second kappa shape index (κ2) is 10.4. The molecule has 1 atom stereocenters. The first-order valence-electron chi connectivity index (χ1n) is 10.0. The van der Waals surface area contributed by atoms with Crippen LogP contribution in [0.3, 0.4) is 0 Å². The number of fused-ring (bicyclic) bond motifs is 1. The average Bonchev–Trinajstić information content (AvgIpc) is 3.23. The number of carbonyl (C=O) groups is 1. The molecule has 1 N–H and O–H groups in total. The van der Waals surface area contributed by atoms with E-state index in [-0.39, 0.29) is 35.6 Å². The van der Waals surface area contributed by atoms with E-state index in [2.05, 4.69) is 9.71 Å². The van der Waals surface area contributed by atoms with Gasteiger partial charge in [0.25, 0.3) is 5.56 Å². The van der Waals surface area contributed by atoms with Gasteiger partial charge >= 0.3 is 11.7 Å². The lowest BCUT2D eigenvalue weighted by Crippen LogP contribution is -2.42. The Morgan fingerprint density at radius 3 is 2.55 bits per heavy atom. The van der Waals surface area contributed by atoms with Crippen LogP contribution in [0, 0.1) is 0 Å². The van der Waals surface area contributed by atoms with E-state index >= 15 is 0 Å². The monoisotopic (exact) mass is 495 g/mol. The molecule has 178 valence electrons. The Labute approximate surface area is 194 Å². The Hall–Kier alpha value is -2.90. The third kappa shape index (κ3) is 5.37. The summed E-state index contributed by atoms with van der Waals surface area (Å²) >= 11 is 1.48. The topological polar surface area (TPSA) is 134 Å². The van der Waals surface area contributed by atoms with Crippen molar-refractivity contribution in [1.29, 1.82) is 0 Å². The molecule has 0 aliphatic rings. The summed E-state index contributed by atoms with van der Waals surface area (Å²) < 4.78 is 36.8. The summed E-state index contributed by atoms with van der Waals surface area (Å²) in [4.78, 5) is 41.4. The number of imidazole rings is 1. The van der Waals surface area contributed by atoms with E-state index in [1.807, 2.05) is 6.26 Å². The van der Waals surface area contributed by atoms with Gasteiger partial charge in [-0.25, -0.2) is 18.2 Å². The van der Waals surface area contributed by atoms with Gasteiger partial charge in [-0.1, -0.05) is 18.2 Å². The predicted octanol–water partition coefficient (Wildman–Crippen LogP) is 0.0771. The van der Waals surface area contributed by atoms with Gasteiger partial charge in [0.05, 0.1) is 17.8 Å². The lowest BCUT2D eigenvalue weighted by molar-refractivity contribution is -0.146. The summed E-state index contributed by atoms with van der Waals surface area (Å²) in [6.45, 7) is -0.00448. The van der Waals surface area contributed by atoms with Gasteiger partial charge in [0.2, 0.25) is 10.0 Å². The van der Waals surface area contributed by atoms with Crippen molar-refractivity contribution in [3.8, 4) is 0 Å². The van der Waals surface area contributed by atoms with Crippen molar-refractivity contribution >= 4 is 38.9 Å². The van der Waals surface area contributed by atoms with Crippen molar-refractivity contribution in [3.63, 3.8) is 0 Å². The van der Waals surface area contributed by atoms with Gasteiger partial charge in [-0.2, -0.15) is 16.5 Å². The molecule has 0 amide bonds. The number of esters is 1. The van der Waals surface area contributed by atoms with Gasteiger partial charge < -0.3 is 9.30 Å². The van der Waals surface area contributed by atoms with Gasteiger partial charge in [0.15, 0.2) is 11.2 Å². The molecule has 1 unspecified atom stereocenters. The highest BCUT2D eigenvalue weighted by Crippen LogP contribution is 2.12. The molecular formula is C20H25N5O6S2. The minimum absolute atomic E-state index is 0.0540. The fourth-order valence-electron chi connectivity index (χ4n) is 3.23. The summed E-state index contributed by atoms with van der Waals surface area (Å²) in [6.07, 6.45) is 3.50. The normalized spacial score (nSPS) is 12.7. The average molecular weight is 496 g/mol. The molecule has 3 rings (SSSR count). The minimum atomic E-state index is -3.90.